The molecule has 0 bridgehead atoms. The van der Waals surface area contributed by atoms with Crippen molar-refractivity contribution in [3.8, 4) is 0 Å². The van der Waals surface area contributed by atoms with Crippen LogP contribution in [-0.4, -0.2) is 86.6 Å². The summed E-state index contributed by atoms with van der Waals surface area (Å²) in [5, 5.41) is 9.60. The molecule has 0 saturated carbocycles. The summed E-state index contributed by atoms with van der Waals surface area (Å²) in [4.78, 5) is 29.3. The Morgan fingerprint density at radius 2 is 1.82 bits per heavy atom. The summed E-state index contributed by atoms with van der Waals surface area (Å²) in [6.07, 6.45) is 0.906. The molecule has 0 aliphatic carbocycles. The van der Waals surface area contributed by atoms with E-state index < -0.39 is 27.9 Å². The Labute approximate surface area is 231 Å². The summed E-state index contributed by atoms with van der Waals surface area (Å²) in [5.41, 5.74) is 1.01. The maximum absolute atomic E-state index is 13.5. The number of methoxy groups -OCH3 is 1. The molecule has 4 rings (SSSR count). The van der Waals surface area contributed by atoms with E-state index in [4.69, 9.17) is 21.7 Å². The molecular formula is C26H29ClN4O5S2. The average Bonchev–Trinajstić information content (AvgIpc) is 3.36. The van der Waals surface area contributed by atoms with E-state index in [2.05, 4.69) is 0 Å². The number of nitrogens with one attached hydrogen (secondary N) is 1. The molecule has 1 fully saturated rings. The third-order valence-corrected chi connectivity index (χ3v) is 10.1. The summed E-state index contributed by atoms with van der Waals surface area (Å²) >= 11 is 7.16. The lowest BCUT2D eigenvalue weighted by molar-refractivity contribution is -0.147. The first-order valence-electron chi connectivity index (χ1n) is 12.0. The van der Waals surface area contributed by atoms with Gasteiger partial charge < -0.3 is 14.5 Å². The number of benzene rings is 2. The van der Waals surface area contributed by atoms with Gasteiger partial charge in [0.2, 0.25) is 0 Å². The first-order chi connectivity index (χ1) is 18.1. The number of rotatable bonds is 7. The van der Waals surface area contributed by atoms with Crippen LogP contribution < -0.4 is 0 Å². The molecule has 2 heterocycles. The lowest BCUT2D eigenvalue weighted by Gasteiger charge is -2.39. The molecule has 38 heavy (non-hydrogen) atoms. The predicted octanol–water partition coefficient (Wildman–Crippen LogP) is 3.91. The van der Waals surface area contributed by atoms with Gasteiger partial charge in [-0.25, -0.2) is 13.2 Å². The van der Waals surface area contributed by atoms with Crippen LogP contribution >= 0.6 is 22.9 Å². The number of carbonyl (C=O) groups excluding carboxylic acids is 2. The van der Waals surface area contributed by atoms with E-state index >= 15 is 0 Å². The summed E-state index contributed by atoms with van der Waals surface area (Å²) in [6, 6.07) is 12.3. The first-order valence-corrected chi connectivity index (χ1v) is 14.7. The highest BCUT2D eigenvalue weighted by atomic mass is 35.5. The van der Waals surface area contributed by atoms with E-state index in [0.29, 0.717) is 22.0 Å². The molecule has 1 aliphatic rings. The van der Waals surface area contributed by atoms with Crippen molar-refractivity contribution in [1.82, 2.24) is 14.1 Å². The summed E-state index contributed by atoms with van der Waals surface area (Å²) in [6.45, 7) is 2.60. The predicted molar refractivity (Wildman–Crippen MR) is 149 cm³/mol. The molecule has 3 aromatic rings. The number of fused-ring (bicyclic) bond motifs is 1. The number of hydrogen-bond acceptors (Lipinski definition) is 7. The second-order valence-corrected chi connectivity index (χ2v) is 12.7. The number of esters is 1. The fourth-order valence-electron chi connectivity index (χ4n) is 4.40. The largest absolute Gasteiger partial charge is 0.467 e. The smallest absolute Gasteiger partial charge is 0.329 e. The van der Waals surface area contributed by atoms with E-state index in [0.717, 1.165) is 34.4 Å². The molecule has 202 valence electrons. The first kappa shape index (κ1) is 28.0. The van der Waals surface area contributed by atoms with Gasteiger partial charge in [0.05, 0.1) is 7.11 Å². The van der Waals surface area contributed by atoms with Gasteiger partial charge in [-0.05, 0) is 42.1 Å². The highest BCUT2D eigenvalue weighted by Crippen LogP contribution is 2.33. The lowest BCUT2D eigenvalue weighted by Crippen LogP contribution is -2.59. The minimum absolute atomic E-state index is 0.0192. The maximum Gasteiger partial charge on any atom is 0.329 e. The fourth-order valence-corrected chi connectivity index (χ4v) is 7.66. The standard InChI is InChI=1S/C26H29ClN4O5S2/c1-4-11-29(2)24(28)17-5-7-18(8-6-17)25(32)31-13-12-30(16-21(31)26(33)36-3)38(34,35)23-14-19-9-10-20(27)15-22(19)37-23/h5-10,14-15,21,28H,4,11-13,16H2,1-3H3. The molecule has 1 saturated heterocycles. The third kappa shape index (κ3) is 5.56. The molecular weight excluding hydrogens is 548 g/mol. The van der Waals surface area contributed by atoms with Crippen LogP contribution in [0.1, 0.15) is 29.3 Å². The molecule has 1 aromatic heterocycles. The number of amides is 1. The van der Waals surface area contributed by atoms with Crippen LogP contribution in [0.3, 0.4) is 0 Å². The van der Waals surface area contributed by atoms with Crippen LogP contribution in [0.5, 0.6) is 0 Å². The van der Waals surface area contributed by atoms with E-state index in [1.165, 1.54) is 16.3 Å². The lowest BCUT2D eigenvalue weighted by atomic mass is 10.1. The molecule has 1 aliphatic heterocycles. The van der Waals surface area contributed by atoms with Crippen molar-refractivity contribution in [1.29, 1.82) is 5.41 Å². The number of hydrogen-bond donors (Lipinski definition) is 1. The van der Waals surface area contributed by atoms with Crippen LogP contribution in [0.4, 0.5) is 0 Å². The highest BCUT2D eigenvalue weighted by molar-refractivity contribution is 7.91. The second-order valence-electron chi connectivity index (χ2n) is 9.00. The van der Waals surface area contributed by atoms with Crippen LogP contribution in [0.25, 0.3) is 10.1 Å². The number of sulfonamides is 1. The number of amidine groups is 1. The minimum atomic E-state index is -3.92. The Morgan fingerprint density at radius 1 is 1.13 bits per heavy atom. The van der Waals surface area contributed by atoms with Gasteiger partial charge in [-0.15, -0.1) is 11.3 Å². The zero-order chi connectivity index (χ0) is 27.6. The quantitative estimate of drug-likeness (QED) is 0.259. The molecule has 1 unspecified atom stereocenters. The van der Waals surface area contributed by atoms with Gasteiger partial charge in [0.1, 0.15) is 16.1 Å². The van der Waals surface area contributed by atoms with Crippen LogP contribution in [0.15, 0.2) is 52.7 Å². The number of nitrogens with zero attached hydrogens (tertiary/aromatic N) is 3. The molecule has 9 nitrogen and oxygen atoms in total. The zero-order valence-corrected chi connectivity index (χ0v) is 23.7. The van der Waals surface area contributed by atoms with Gasteiger partial charge in [0.25, 0.3) is 15.9 Å². The summed E-state index contributed by atoms with van der Waals surface area (Å²) in [5.74, 6) is -0.754. The monoisotopic (exact) mass is 576 g/mol. The number of halogens is 1. The van der Waals surface area contributed by atoms with E-state index in [9.17, 15) is 18.0 Å². The van der Waals surface area contributed by atoms with E-state index in [1.807, 2.05) is 18.9 Å². The van der Waals surface area contributed by atoms with Crippen molar-refractivity contribution in [2.45, 2.75) is 23.6 Å². The molecule has 0 radical (unpaired) electrons. The molecule has 2 aromatic carbocycles. The van der Waals surface area contributed by atoms with Gasteiger partial charge in [-0.2, -0.15) is 4.31 Å². The normalized spacial score (nSPS) is 16.4. The molecule has 12 heteroatoms. The average molecular weight is 577 g/mol. The molecule has 1 atom stereocenters. The van der Waals surface area contributed by atoms with E-state index in [1.54, 1.807) is 48.5 Å². The third-order valence-electron chi connectivity index (χ3n) is 6.48. The molecule has 1 amide bonds. The van der Waals surface area contributed by atoms with Crippen molar-refractivity contribution < 1.29 is 22.7 Å². The number of carbonyl (C=O) groups is 2. The minimum Gasteiger partial charge on any atom is -0.467 e. The van der Waals surface area contributed by atoms with Crippen LogP contribution in [0, 0.1) is 5.41 Å². The van der Waals surface area contributed by atoms with Crippen molar-refractivity contribution in [3.05, 3.63) is 64.7 Å². The van der Waals surface area contributed by atoms with Crippen molar-refractivity contribution in [3.63, 3.8) is 0 Å². The van der Waals surface area contributed by atoms with Gasteiger partial charge in [-0.3, -0.25) is 10.2 Å². The number of thiophene rings is 1. The van der Waals surface area contributed by atoms with Gasteiger partial charge in [0.15, 0.2) is 0 Å². The van der Waals surface area contributed by atoms with Crippen LogP contribution in [0.2, 0.25) is 5.02 Å². The molecule has 1 N–H and O–H groups in total. The SMILES string of the molecule is CCCN(C)C(=N)c1ccc(C(=O)N2CCN(S(=O)(=O)c3cc4ccc(Cl)cc4s3)CC2C(=O)OC)cc1. The van der Waals surface area contributed by atoms with Crippen molar-refractivity contribution in [2.75, 3.05) is 40.3 Å². The van der Waals surface area contributed by atoms with Crippen LogP contribution in [-0.2, 0) is 19.6 Å². The Bertz CT molecular complexity index is 1470. The topological polar surface area (TPSA) is 111 Å². The Hall–Kier alpha value is -2.99. The summed E-state index contributed by atoms with van der Waals surface area (Å²) < 4.78 is 34.0. The maximum atomic E-state index is 13.5. The second kappa shape index (κ2) is 11.4. The highest BCUT2D eigenvalue weighted by Gasteiger charge is 2.41. The van der Waals surface area contributed by atoms with Crippen molar-refractivity contribution >= 4 is 60.8 Å². The van der Waals surface area contributed by atoms with E-state index in [-0.39, 0.29) is 23.8 Å². The summed E-state index contributed by atoms with van der Waals surface area (Å²) in [7, 11) is -0.868. The van der Waals surface area contributed by atoms with Gasteiger partial charge >= 0.3 is 5.97 Å². The Morgan fingerprint density at radius 3 is 2.47 bits per heavy atom. The Balaban J connectivity index is 1.55. The molecule has 0 spiro atoms. The Kier molecular flexibility index (Phi) is 8.41. The number of ether oxygens (including phenoxy) is 1. The zero-order valence-electron chi connectivity index (χ0n) is 21.3. The van der Waals surface area contributed by atoms with Gasteiger partial charge in [0, 0.05) is 54.1 Å². The van der Waals surface area contributed by atoms with Crippen molar-refractivity contribution in [2.24, 2.45) is 0 Å². The van der Waals surface area contributed by atoms with Gasteiger partial charge in [-0.1, -0.05) is 36.7 Å². The number of piperazine rings is 1. The fraction of sp³-hybridized carbons (Fsp3) is 0.346.